The average molecular weight is 241 g/mol. The van der Waals surface area contributed by atoms with E-state index in [1.807, 2.05) is 6.92 Å². The fourth-order valence-electron chi connectivity index (χ4n) is 1.95. The van der Waals surface area contributed by atoms with Crippen molar-refractivity contribution in [1.29, 1.82) is 0 Å². The standard InChI is InChI=1S/C11H17ClN4/c1-9-10(12)14-8-15-11(9)13-4-7-16-5-2-3-6-16/h8H,2-7H2,1H3,(H,13,14,15). The molecule has 0 atom stereocenters. The van der Waals surface area contributed by atoms with Gasteiger partial charge in [0.05, 0.1) is 0 Å². The van der Waals surface area contributed by atoms with Crippen LogP contribution >= 0.6 is 11.6 Å². The zero-order valence-corrected chi connectivity index (χ0v) is 10.3. The van der Waals surface area contributed by atoms with E-state index < -0.39 is 0 Å². The molecule has 0 amide bonds. The quantitative estimate of drug-likeness (QED) is 0.817. The van der Waals surface area contributed by atoms with E-state index in [-0.39, 0.29) is 0 Å². The van der Waals surface area contributed by atoms with E-state index >= 15 is 0 Å². The van der Waals surface area contributed by atoms with E-state index in [1.54, 1.807) is 0 Å². The summed E-state index contributed by atoms with van der Waals surface area (Å²) in [5.41, 5.74) is 0.922. The molecular formula is C11H17ClN4. The maximum absolute atomic E-state index is 5.92. The first-order chi connectivity index (χ1) is 7.77. The van der Waals surface area contributed by atoms with Crippen molar-refractivity contribution in [3.63, 3.8) is 0 Å². The summed E-state index contributed by atoms with van der Waals surface area (Å²) < 4.78 is 0. The van der Waals surface area contributed by atoms with E-state index in [2.05, 4.69) is 20.2 Å². The third-order valence-corrected chi connectivity index (χ3v) is 3.32. The van der Waals surface area contributed by atoms with Gasteiger partial charge in [0.2, 0.25) is 0 Å². The Morgan fingerprint density at radius 3 is 2.88 bits per heavy atom. The molecule has 1 aromatic heterocycles. The summed E-state index contributed by atoms with van der Waals surface area (Å²) in [4.78, 5) is 10.6. The van der Waals surface area contributed by atoms with Crippen molar-refractivity contribution in [1.82, 2.24) is 14.9 Å². The summed E-state index contributed by atoms with van der Waals surface area (Å²) in [7, 11) is 0. The number of halogens is 1. The molecule has 0 bridgehead atoms. The summed E-state index contributed by atoms with van der Waals surface area (Å²) in [6, 6.07) is 0. The Morgan fingerprint density at radius 2 is 2.12 bits per heavy atom. The molecule has 5 heteroatoms. The van der Waals surface area contributed by atoms with Gasteiger partial charge < -0.3 is 10.2 Å². The van der Waals surface area contributed by atoms with Crippen molar-refractivity contribution < 1.29 is 0 Å². The summed E-state index contributed by atoms with van der Waals surface area (Å²) in [5.74, 6) is 0.846. The van der Waals surface area contributed by atoms with E-state index in [4.69, 9.17) is 11.6 Å². The second kappa shape index (κ2) is 5.46. The van der Waals surface area contributed by atoms with Crippen LogP contribution in [0.1, 0.15) is 18.4 Å². The van der Waals surface area contributed by atoms with Gasteiger partial charge in [0, 0.05) is 18.7 Å². The van der Waals surface area contributed by atoms with Crippen molar-refractivity contribution in [2.24, 2.45) is 0 Å². The molecule has 4 nitrogen and oxygen atoms in total. The monoisotopic (exact) mass is 240 g/mol. The molecule has 1 aliphatic heterocycles. The van der Waals surface area contributed by atoms with Crippen molar-refractivity contribution in [3.05, 3.63) is 17.0 Å². The van der Waals surface area contributed by atoms with Gasteiger partial charge in [-0.2, -0.15) is 0 Å². The second-order valence-corrected chi connectivity index (χ2v) is 4.47. The largest absolute Gasteiger partial charge is 0.368 e. The number of likely N-dealkylation sites (tertiary alicyclic amines) is 1. The van der Waals surface area contributed by atoms with Crippen LogP contribution in [0, 0.1) is 6.92 Å². The van der Waals surface area contributed by atoms with E-state index in [9.17, 15) is 0 Å². The lowest BCUT2D eigenvalue weighted by Gasteiger charge is -2.15. The molecule has 2 rings (SSSR count). The van der Waals surface area contributed by atoms with Crippen LogP contribution in [0.5, 0.6) is 0 Å². The summed E-state index contributed by atoms with van der Waals surface area (Å²) >= 11 is 5.92. The minimum atomic E-state index is 0.527. The molecule has 1 fully saturated rings. The van der Waals surface area contributed by atoms with Crippen LogP contribution < -0.4 is 5.32 Å². The second-order valence-electron chi connectivity index (χ2n) is 4.11. The maximum Gasteiger partial charge on any atom is 0.137 e. The smallest absolute Gasteiger partial charge is 0.137 e. The number of hydrogen-bond acceptors (Lipinski definition) is 4. The van der Waals surface area contributed by atoms with Crippen molar-refractivity contribution in [2.75, 3.05) is 31.5 Å². The Bertz CT molecular complexity index is 350. The molecule has 0 unspecified atom stereocenters. The van der Waals surface area contributed by atoms with Crippen molar-refractivity contribution in [2.45, 2.75) is 19.8 Å². The first kappa shape index (κ1) is 11.6. The van der Waals surface area contributed by atoms with Crippen LogP contribution in [0.25, 0.3) is 0 Å². The number of rotatable bonds is 4. The zero-order chi connectivity index (χ0) is 11.4. The third kappa shape index (κ3) is 2.83. The lowest BCUT2D eigenvalue weighted by atomic mass is 10.3. The topological polar surface area (TPSA) is 41.1 Å². The summed E-state index contributed by atoms with van der Waals surface area (Å²) in [6.45, 7) is 6.37. The fraction of sp³-hybridized carbons (Fsp3) is 0.636. The fourth-order valence-corrected chi connectivity index (χ4v) is 2.08. The van der Waals surface area contributed by atoms with Gasteiger partial charge >= 0.3 is 0 Å². The van der Waals surface area contributed by atoms with Crippen LogP contribution in [0.4, 0.5) is 5.82 Å². The molecule has 88 valence electrons. The number of anilines is 1. The van der Waals surface area contributed by atoms with Crippen LogP contribution in [0.15, 0.2) is 6.33 Å². The molecule has 0 aliphatic carbocycles. The third-order valence-electron chi connectivity index (χ3n) is 2.94. The Kier molecular flexibility index (Phi) is 3.96. The minimum absolute atomic E-state index is 0.527. The maximum atomic E-state index is 5.92. The lowest BCUT2D eigenvalue weighted by molar-refractivity contribution is 0.352. The summed E-state index contributed by atoms with van der Waals surface area (Å²) in [5, 5.41) is 3.83. The highest BCUT2D eigenvalue weighted by molar-refractivity contribution is 6.30. The number of nitrogens with zero attached hydrogens (tertiary/aromatic N) is 3. The molecule has 2 heterocycles. The molecule has 0 saturated carbocycles. The van der Waals surface area contributed by atoms with Crippen LogP contribution in [-0.4, -0.2) is 41.0 Å². The molecule has 0 aromatic carbocycles. The van der Waals surface area contributed by atoms with E-state index in [1.165, 1.54) is 32.3 Å². The highest BCUT2D eigenvalue weighted by Crippen LogP contribution is 2.17. The molecule has 16 heavy (non-hydrogen) atoms. The molecule has 1 N–H and O–H groups in total. The molecule has 1 aliphatic rings. The molecular weight excluding hydrogens is 224 g/mol. The van der Waals surface area contributed by atoms with Gasteiger partial charge in [0.1, 0.15) is 17.3 Å². The predicted octanol–water partition coefficient (Wildman–Crippen LogP) is 1.95. The molecule has 1 saturated heterocycles. The average Bonchev–Trinajstić information content (AvgIpc) is 2.77. The number of aromatic nitrogens is 2. The molecule has 0 radical (unpaired) electrons. The van der Waals surface area contributed by atoms with Gasteiger partial charge in [0.25, 0.3) is 0 Å². The van der Waals surface area contributed by atoms with Gasteiger partial charge in [-0.15, -0.1) is 0 Å². The first-order valence-electron chi connectivity index (χ1n) is 5.70. The van der Waals surface area contributed by atoms with E-state index in [0.717, 1.165) is 24.5 Å². The molecule has 0 spiro atoms. The highest BCUT2D eigenvalue weighted by atomic mass is 35.5. The Labute approximate surface area is 101 Å². The highest BCUT2D eigenvalue weighted by Gasteiger charge is 2.11. The van der Waals surface area contributed by atoms with Gasteiger partial charge in [-0.25, -0.2) is 9.97 Å². The van der Waals surface area contributed by atoms with Gasteiger partial charge in [0.15, 0.2) is 0 Å². The van der Waals surface area contributed by atoms with Gasteiger partial charge in [-0.1, -0.05) is 11.6 Å². The van der Waals surface area contributed by atoms with Crippen LogP contribution in [-0.2, 0) is 0 Å². The predicted molar refractivity (Wildman–Crippen MR) is 65.9 cm³/mol. The molecule has 1 aromatic rings. The Hall–Kier alpha value is -0.870. The van der Waals surface area contributed by atoms with Crippen molar-refractivity contribution in [3.8, 4) is 0 Å². The lowest BCUT2D eigenvalue weighted by Crippen LogP contribution is -2.26. The zero-order valence-electron chi connectivity index (χ0n) is 9.54. The van der Waals surface area contributed by atoms with Gasteiger partial charge in [-0.05, 0) is 32.9 Å². The Morgan fingerprint density at radius 1 is 1.38 bits per heavy atom. The van der Waals surface area contributed by atoms with Crippen LogP contribution in [0.2, 0.25) is 5.15 Å². The van der Waals surface area contributed by atoms with Crippen molar-refractivity contribution >= 4 is 17.4 Å². The first-order valence-corrected chi connectivity index (χ1v) is 6.08. The summed E-state index contributed by atoms with van der Waals surface area (Å²) in [6.07, 6.45) is 4.16. The van der Waals surface area contributed by atoms with Crippen LogP contribution in [0.3, 0.4) is 0 Å². The van der Waals surface area contributed by atoms with E-state index in [0.29, 0.717) is 5.15 Å². The number of nitrogens with one attached hydrogen (secondary N) is 1. The Balaban J connectivity index is 1.82. The number of hydrogen-bond donors (Lipinski definition) is 1. The van der Waals surface area contributed by atoms with Gasteiger partial charge in [-0.3, -0.25) is 0 Å². The SMILES string of the molecule is Cc1c(Cl)ncnc1NCCN1CCCC1. The normalized spacial score (nSPS) is 16.6. The minimum Gasteiger partial charge on any atom is -0.368 e.